The highest BCUT2D eigenvalue weighted by molar-refractivity contribution is 5.60. The summed E-state index contributed by atoms with van der Waals surface area (Å²) in [6, 6.07) is 0.458. The van der Waals surface area contributed by atoms with Crippen LogP contribution in [0.15, 0.2) is 0 Å². The van der Waals surface area contributed by atoms with Gasteiger partial charge >= 0.3 is 0 Å². The first-order chi connectivity index (χ1) is 9.13. The highest BCUT2D eigenvalue weighted by Gasteiger charge is 2.28. The summed E-state index contributed by atoms with van der Waals surface area (Å²) in [5.74, 6) is 2.54. The molecule has 0 amide bonds. The monoisotopic (exact) mass is 262 g/mol. The lowest BCUT2D eigenvalue weighted by Crippen LogP contribution is -2.50. The third-order valence-electron chi connectivity index (χ3n) is 3.89. The standard InChI is InChI=1S/C13H22N6/c1-8-7-19(5-4-16-8)12-10(6-9-2-3-9)11(14)17-13(15)18-12/h8-9,16H,2-7H2,1H3,(H4,14,15,17,18)/t8-/m0/s1. The van der Waals surface area contributed by atoms with Crippen molar-refractivity contribution in [3.8, 4) is 0 Å². The third kappa shape index (κ3) is 2.73. The van der Waals surface area contributed by atoms with Crippen molar-refractivity contribution in [1.29, 1.82) is 0 Å². The Morgan fingerprint density at radius 2 is 2.11 bits per heavy atom. The Labute approximate surface area is 113 Å². The largest absolute Gasteiger partial charge is 0.383 e. The van der Waals surface area contributed by atoms with Crippen LogP contribution in [0.4, 0.5) is 17.6 Å². The Bertz CT molecular complexity index is 470. The summed E-state index contributed by atoms with van der Waals surface area (Å²) in [7, 11) is 0. The van der Waals surface area contributed by atoms with E-state index in [-0.39, 0.29) is 5.95 Å². The van der Waals surface area contributed by atoms with Gasteiger partial charge in [-0.15, -0.1) is 0 Å². The zero-order valence-electron chi connectivity index (χ0n) is 11.4. The zero-order valence-corrected chi connectivity index (χ0v) is 11.4. The molecule has 0 radical (unpaired) electrons. The number of piperazine rings is 1. The summed E-state index contributed by atoms with van der Waals surface area (Å²) in [4.78, 5) is 10.9. The molecule has 19 heavy (non-hydrogen) atoms. The maximum atomic E-state index is 6.07. The number of nitrogens with one attached hydrogen (secondary N) is 1. The van der Waals surface area contributed by atoms with E-state index < -0.39 is 0 Å². The van der Waals surface area contributed by atoms with Gasteiger partial charge in [-0.2, -0.15) is 9.97 Å². The lowest BCUT2D eigenvalue weighted by Gasteiger charge is -2.34. The van der Waals surface area contributed by atoms with Gasteiger partial charge in [-0.05, 0) is 32.1 Å². The van der Waals surface area contributed by atoms with E-state index >= 15 is 0 Å². The van der Waals surface area contributed by atoms with Gasteiger partial charge < -0.3 is 21.7 Å². The van der Waals surface area contributed by atoms with Crippen LogP contribution in [0, 0.1) is 5.92 Å². The Morgan fingerprint density at radius 1 is 1.32 bits per heavy atom. The molecule has 1 aromatic heterocycles. The van der Waals surface area contributed by atoms with E-state index in [4.69, 9.17) is 11.5 Å². The number of anilines is 3. The van der Waals surface area contributed by atoms with Crippen LogP contribution in [-0.4, -0.2) is 35.6 Å². The summed E-state index contributed by atoms with van der Waals surface area (Å²) in [5.41, 5.74) is 12.9. The second kappa shape index (κ2) is 4.85. The molecule has 1 aliphatic heterocycles. The molecule has 104 valence electrons. The molecule has 2 heterocycles. The number of hydrogen-bond acceptors (Lipinski definition) is 6. The van der Waals surface area contributed by atoms with Gasteiger partial charge in [-0.1, -0.05) is 0 Å². The van der Waals surface area contributed by atoms with Crippen LogP contribution in [0.1, 0.15) is 25.3 Å². The first-order valence-corrected chi connectivity index (χ1v) is 7.03. The normalized spacial score (nSPS) is 23.6. The van der Waals surface area contributed by atoms with Crippen molar-refractivity contribution < 1.29 is 0 Å². The average Bonchev–Trinajstić information content (AvgIpc) is 3.16. The zero-order chi connectivity index (χ0) is 13.4. The maximum Gasteiger partial charge on any atom is 0.223 e. The van der Waals surface area contributed by atoms with Crippen LogP contribution < -0.4 is 21.7 Å². The molecule has 2 aliphatic rings. The number of aromatic nitrogens is 2. The number of nitrogens with zero attached hydrogens (tertiary/aromatic N) is 3. The molecule has 2 fully saturated rings. The van der Waals surface area contributed by atoms with Crippen molar-refractivity contribution in [2.75, 3.05) is 36.0 Å². The molecule has 0 bridgehead atoms. The van der Waals surface area contributed by atoms with Gasteiger partial charge in [0.05, 0.1) is 0 Å². The molecule has 3 rings (SSSR count). The van der Waals surface area contributed by atoms with Crippen molar-refractivity contribution in [2.24, 2.45) is 5.92 Å². The van der Waals surface area contributed by atoms with Crippen LogP contribution in [0.2, 0.25) is 0 Å². The van der Waals surface area contributed by atoms with Crippen molar-refractivity contribution in [3.05, 3.63) is 5.56 Å². The van der Waals surface area contributed by atoms with Crippen molar-refractivity contribution in [1.82, 2.24) is 15.3 Å². The fourth-order valence-corrected chi connectivity index (χ4v) is 2.70. The van der Waals surface area contributed by atoms with Gasteiger partial charge in [-0.25, -0.2) is 0 Å². The van der Waals surface area contributed by atoms with E-state index in [1.807, 2.05) is 0 Å². The predicted molar refractivity (Wildman–Crippen MR) is 77.0 cm³/mol. The minimum Gasteiger partial charge on any atom is -0.383 e. The average molecular weight is 262 g/mol. The molecule has 6 heteroatoms. The molecule has 6 nitrogen and oxygen atoms in total. The smallest absolute Gasteiger partial charge is 0.223 e. The summed E-state index contributed by atoms with van der Waals surface area (Å²) >= 11 is 0. The molecule has 0 unspecified atom stereocenters. The van der Waals surface area contributed by atoms with Crippen molar-refractivity contribution in [2.45, 2.75) is 32.2 Å². The van der Waals surface area contributed by atoms with Crippen molar-refractivity contribution in [3.63, 3.8) is 0 Å². The fraction of sp³-hybridized carbons (Fsp3) is 0.692. The second-order valence-corrected chi connectivity index (χ2v) is 5.72. The Morgan fingerprint density at radius 3 is 2.79 bits per heavy atom. The minimum absolute atomic E-state index is 0.276. The first kappa shape index (κ1) is 12.5. The molecule has 1 saturated carbocycles. The van der Waals surface area contributed by atoms with E-state index in [1.165, 1.54) is 12.8 Å². The lowest BCUT2D eigenvalue weighted by atomic mass is 10.1. The van der Waals surface area contributed by atoms with Crippen LogP contribution in [0.5, 0.6) is 0 Å². The Hall–Kier alpha value is -1.56. The maximum absolute atomic E-state index is 6.07. The van der Waals surface area contributed by atoms with E-state index in [9.17, 15) is 0 Å². The SMILES string of the molecule is C[C@H]1CN(c2nc(N)nc(N)c2CC2CC2)CCN1. The number of rotatable bonds is 3. The quantitative estimate of drug-likeness (QED) is 0.730. The van der Waals surface area contributed by atoms with Gasteiger partial charge in [0.1, 0.15) is 11.6 Å². The van der Waals surface area contributed by atoms with Gasteiger partial charge in [0.15, 0.2) is 0 Å². The molecule has 1 saturated heterocycles. The molecule has 0 spiro atoms. The molecule has 5 N–H and O–H groups in total. The predicted octanol–water partition coefficient (Wildman–Crippen LogP) is 0.392. The molecule has 1 aromatic rings. The summed E-state index contributed by atoms with van der Waals surface area (Å²) in [6.45, 7) is 5.03. The van der Waals surface area contributed by atoms with Crippen molar-refractivity contribution >= 4 is 17.6 Å². The Kier molecular flexibility index (Phi) is 3.18. The number of nitrogens with two attached hydrogens (primary N) is 2. The highest BCUT2D eigenvalue weighted by atomic mass is 15.3. The topological polar surface area (TPSA) is 93.1 Å². The third-order valence-corrected chi connectivity index (χ3v) is 3.89. The van der Waals surface area contributed by atoms with Gasteiger partial charge in [0.2, 0.25) is 5.95 Å². The second-order valence-electron chi connectivity index (χ2n) is 5.72. The lowest BCUT2D eigenvalue weighted by molar-refractivity contribution is 0.481. The molecular weight excluding hydrogens is 240 g/mol. The summed E-state index contributed by atoms with van der Waals surface area (Å²) < 4.78 is 0. The number of hydrogen-bond donors (Lipinski definition) is 3. The Balaban J connectivity index is 1.92. The van der Waals surface area contributed by atoms with E-state index in [0.717, 1.165) is 43.4 Å². The van der Waals surface area contributed by atoms with Gasteiger partial charge in [-0.3, -0.25) is 0 Å². The van der Waals surface area contributed by atoms with E-state index in [0.29, 0.717) is 11.9 Å². The minimum atomic E-state index is 0.276. The van der Waals surface area contributed by atoms with Gasteiger partial charge in [0.25, 0.3) is 0 Å². The van der Waals surface area contributed by atoms with Crippen LogP contribution in [0.3, 0.4) is 0 Å². The first-order valence-electron chi connectivity index (χ1n) is 7.03. The summed E-state index contributed by atoms with van der Waals surface area (Å²) in [5, 5.41) is 3.44. The molecule has 1 atom stereocenters. The molecule has 1 aliphatic carbocycles. The van der Waals surface area contributed by atoms with Gasteiger partial charge in [0, 0.05) is 31.2 Å². The fourth-order valence-electron chi connectivity index (χ4n) is 2.70. The summed E-state index contributed by atoms with van der Waals surface area (Å²) in [6.07, 6.45) is 3.57. The highest BCUT2D eigenvalue weighted by Crippen LogP contribution is 2.37. The number of nitrogen functional groups attached to an aromatic ring is 2. The van der Waals surface area contributed by atoms with E-state index in [2.05, 4.69) is 27.1 Å². The van der Waals surface area contributed by atoms with Crippen LogP contribution in [-0.2, 0) is 6.42 Å². The molecule has 0 aromatic carbocycles. The molecular formula is C13H22N6. The van der Waals surface area contributed by atoms with Crippen LogP contribution in [0.25, 0.3) is 0 Å². The van der Waals surface area contributed by atoms with Crippen LogP contribution >= 0.6 is 0 Å². The van der Waals surface area contributed by atoms with E-state index in [1.54, 1.807) is 0 Å².